The number of rotatable bonds is 5. The topological polar surface area (TPSA) is 134 Å². The van der Waals surface area contributed by atoms with Gasteiger partial charge in [0.25, 0.3) is 5.88 Å². The number of ether oxygens (including phenoxy) is 4. The summed E-state index contributed by atoms with van der Waals surface area (Å²) in [5.74, 6) is -2.35. The Hall–Kier alpha value is -2.99. The van der Waals surface area contributed by atoms with Crippen LogP contribution in [0.1, 0.15) is 27.0 Å². The van der Waals surface area contributed by atoms with Gasteiger partial charge in [-0.05, 0) is 0 Å². The highest BCUT2D eigenvalue weighted by atomic mass is 32.1. The number of esters is 3. The van der Waals surface area contributed by atoms with Crippen LogP contribution in [0.3, 0.4) is 0 Å². The maximum Gasteiger partial charge on any atom is 0.353 e. The molecule has 1 aliphatic heterocycles. The van der Waals surface area contributed by atoms with Crippen LogP contribution < -0.4 is 10.1 Å². The molecule has 1 N–H and O–H groups in total. The second-order valence-electron chi connectivity index (χ2n) is 6.28. The van der Waals surface area contributed by atoms with Crippen LogP contribution in [-0.2, 0) is 33.3 Å². The average molecular weight is 427 g/mol. The van der Waals surface area contributed by atoms with Crippen molar-refractivity contribution in [3.63, 3.8) is 0 Å². The number of aromatic hydroxyl groups is 1. The maximum absolute atomic E-state index is 12.1. The van der Waals surface area contributed by atoms with Crippen LogP contribution in [0.2, 0.25) is 0 Å². The van der Waals surface area contributed by atoms with Gasteiger partial charge >= 0.3 is 28.4 Å². The number of hydrogen-bond donors (Lipinski definition) is 1. The number of fused-ring (bicyclic) bond motifs is 1. The first kappa shape index (κ1) is 20.7. The molecular formula is C17H19N2O9S+. The van der Waals surface area contributed by atoms with E-state index in [0.717, 1.165) is 17.4 Å². The van der Waals surface area contributed by atoms with E-state index < -0.39 is 53.9 Å². The summed E-state index contributed by atoms with van der Waals surface area (Å²) in [6, 6.07) is 0.980. The van der Waals surface area contributed by atoms with Crippen molar-refractivity contribution < 1.29 is 43.0 Å². The van der Waals surface area contributed by atoms with Crippen LogP contribution in [0.25, 0.3) is 4.96 Å². The lowest BCUT2D eigenvalue weighted by atomic mass is 10.1. The fourth-order valence-electron chi connectivity index (χ4n) is 3.10. The van der Waals surface area contributed by atoms with Gasteiger partial charge in [0.2, 0.25) is 12.3 Å². The Morgan fingerprint density at radius 3 is 2.45 bits per heavy atom. The molecule has 0 bridgehead atoms. The molecule has 1 aliphatic rings. The van der Waals surface area contributed by atoms with Crippen molar-refractivity contribution in [1.29, 1.82) is 0 Å². The molecule has 2 aromatic heterocycles. The molecule has 0 unspecified atom stereocenters. The van der Waals surface area contributed by atoms with E-state index in [1.54, 1.807) is 5.38 Å². The minimum atomic E-state index is -1.17. The molecule has 1 saturated heterocycles. The summed E-state index contributed by atoms with van der Waals surface area (Å²) >= 11 is 1.14. The normalized spacial score (nSPS) is 23.7. The van der Waals surface area contributed by atoms with Crippen LogP contribution in [-0.4, -0.2) is 52.3 Å². The SMILES string of the molecule is CC(=O)OC[C@H]1O[C@@H]([n+]2c(O)cc(=O)n3ccsc32)[C@@H](OC(C)=O)[C@H]1OC(C)=O. The second kappa shape index (κ2) is 8.17. The molecule has 0 radical (unpaired) electrons. The fourth-order valence-corrected chi connectivity index (χ4v) is 3.98. The van der Waals surface area contributed by atoms with Gasteiger partial charge in [0.15, 0.2) is 6.10 Å². The first-order valence-electron chi connectivity index (χ1n) is 8.55. The highest BCUT2D eigenvalue weighted by Gasteiger charge is 2.54. The van der Waals surface area contributed by atoms with E-state index in [1.165, 1.54) is 35.9 Å². The molecule has 0 amide bonds. The van der Waals surface area contributed by atoms with Gasteiger partial charge < -0.3 is 24.1 Å². The Morgan fingerprint density at radius 1 is 1.17 bits per heavy atom. The number of aromatic nitrogens is 2. The third-order valence-corrected chi connectivity index (χ3v) is 4.99. The van der Waals surface area contributed by atoms with Gasteiger partial charge in [-0.25, -0.2) is 4.79 Å². The van der Waals surface area contributed by atoms with E-state index in [0.29, 0.717) is 4.96 Å². The molecule has 12 heteroatoms. The molecule has 4 atom stereocenters. The van der Waals surface area contributed by atoms with Gasteiger partial charge in [-0.2, -0.15) is 8.97 Å². The number of carbonyl (C=O) groups excluding carboxylic acids is 3. The van der Waals surface area contributed by atoms with E-state index in [1.807, 2.05) is 0 Å². The average Bonchev–Trinajstić information content (AvgIpc) is 3.20. The van der Waals surface area contributed by atoms with Crippen LogP contribution in [0.5, 0.6) is 5.88 Å². The largest absolute Gasteiger partial charge is 0.477 e. The summed E-state index contributed by atoms with van der Waals surface area (Å²) in [5, 5.41) is 12.1. The van der Waals surface area contributed by atoms with Crippen molar-refractivity contribution in [3.8, 4) is 5.88 Å². The van der Waals surface area contributed by atoms with Gasteiger partial charge in [-0.3, -0.25) is 14.4 Å². The van der Waals surface area contributed by atoms with Gasteiger partial charge in [0, 0.05) is 26.2 Å². The van der Waals surface area contributed by atoms with Crippen molar-refractivity contribution in [2.45, 2.75) is 45.3 Å². The summed E-state index contributed by atoms with van der Waals surface area (Å²) in [7, 11) is 0. The second-order valence-corrected chi connectivity index (χ2v) is 7.16. The summed E-state index contributed by atoms with van der Waals surface area (Å²) < 4.78 is 24.0. The Bertz CT molecular complexity index is 1010. The molecule has 3 heterocycles. The molecule has 2 aromatic rings. The molecule has 0 aliphatic carbocycles. The van der Waals surface area contributed by atoms with E-state index in [2.05, 4.69) is 0 Å². The van der Waals surface area contributed by atoms with Crippen LogP contribution in [0.4, 0.5) is 0 Å². The third kappa shape index (κ3) is 4.22. The van der Waals surface area contributed by atoms with Crippen LogP contribution in [0.15, 0.2) is 22.4 Å². The zero-order valence-electron chi connectivity index (χ0n) is 15.8. The minimum absolute atomic E-state index is 0.275. The number of carbonyl (C=O) groups is 3. The molecule has 156 valence electrons. The quantitative estimate of drug-likeness (QED) is 0.387. The molecule has 0 aromatic carbocycles. The molecule has 29 heavy (non-hydrogen) atoms. The number of hydrogen-bond acceptors (Lipinski definition) is 10. The zero-order valence-corrected chi connectivity index (χ0v) is 16.6. The van der Waals surface area contributed by atoms with Crippen LogP contribution >= 0.6 is 11.3 Å². The van der Waals surface area contributed by atoms with Gasteiger partial charge in [0.05, 0.1) is 0 Å². The Kier molecular flexibility index (Phi) is 5.84. The summed E-state index contributed by atoms with van der Waals surface area (Å²) in [6.07, 6.45) is -2.90. The lowest BCUT2D eigenvalue weighted by Crippen LogP contribution is -2.50. The lowest BCUT2D eigenvalue weighted by molar-refractivity contribution is -0.748. The van der Waals surface area contributed by atoms with Gasteiger partial charge in [-0.15, -0.1) is 0 Å². The smallest absolute Gasteiger partial charge is 0.353 e. The van der Waals surface area contributed by atoms with E-state index in [-0.39, 0.29) is 6.61 Å². The third-order valence-electron chi connectivity index (χ3n) is 4.13. The first-order chi connectivity index (χ1) is 13.7. The van der Waals surface area contributed by atoms with E-state index >= 15 is 0 Å². The lowest BCUT2D eigenvalue weighted by Gasteiger charge is -2.22. The summed E-state index contributed by atoms with van der Waals surface area (Å²) in [4.78, 5) is 46.9. The highest BCUT2D eigenvalue weighted by molar-refractivity contribution is 7.14. The van der Waals surface area contributed by atoms with Crippen molar-refractivity contribution in [3.05, 3.63) is 28.0 Å². The first-order valence-corrected chi connectivity index (χ1v) is 9.43. The van der Waals surface area contributed by atoms with Crippen molar-refractivity contribution in [2.75, 3.05) is 6.61 Å². The van der Waals surface area contributed by atoms with Crippen molar-refractivity contribution in [2.24, 2.45) is 0 Å². The minimum Gasteiger partial charge on any atom is -0.477 e. The Balaban J connectivity index is 2.09. The molecule has 11 nitrogen and oxygen atoms in total. The van der Waals surface area contributed by atoms with Gasteiger partial charge in [0.1, 0.15) is 25.0 Å². The Labute approximate surface area is 168 Å². The highest BCUT2D eigenvalue weighted by Crippen LogP contribution is 2.33. The monoisotopic (exact) mass is 427 g/mol. The Morgan fingerprint density at radius 2 is 1.83 bits per heavy atom. The molecule has 3 rings (SSSR count). The number of thiazole rings is 1. The summed E-state index contributed by atoms with van der Waals surface area (Å²) in [6.45, 7) is 3.27. The number of nitrogens with zero attached hydrogens (tertiary/aromatic N) is 2. The standard InChI is InChI=1S/C17H18N2O9S/c1-8(20)25-7-11-14(26-9(2)21)15(27-10(3)22)16(28-11)19-13(24)6-12(23)18-4-5-29-17(18)19/h4-6,11,14-16H,7H2,1-3H3/p+1/t11-,14+,15+,16-/m1/s1. The van der Waals surface area contributed by atoms with Crippen LogP contribution in [0, 0.1) is 0 Å². The summed E-state index contributed by atoms with van der Waals surface area (Å²) in [5.41, 5.74) is -0.468. The zero-order chi connectivity index (χ0) is 21.3. The molecule has 0 spiro atoms. The molecule has 0 saturated carbocycles. The molecular weight excluding hydrogens is 408 g/mol. The van der Waals surface area contributed by atoms with E-state index in [9.17, 15) is 24.3 Å². The van der Waals surface area contributed by atoms with E-state index in [4.69, 9.17) is 18.9 Å². The maximum atomic E-state index is 12.1. The fraction of sp³-hybridized carbons (Fsp3) is 0.471. The van der Waals surface area contributed by atoms with Crippen molar-refractivity contribution in [1.82, 2.24) is 4.40 Å². The van der Waals surface area contributed by atoms with Crippen molar-refractivity contribution >= 4 is 34.2 Å². The predicted molar refractivity (Wildman–Crippen MR) is 95.1 cm³/mol. The molecule has 1 fully saturated rings. The predicted octanol–water partition coefficient (Wildman–Crippen LogP) is -0.322. The van der Waals surface area contributed by atoms with Gasteiger partial charge in [-0.1, -0.05) is 11.3 Å².